The Kier molecular flexibility index (Phi) is 1.63. The Bertz CT molecular complexity index is 579. The van der Waals surface area contributed by atoms with E-state index in [1.54, 1.807) is 0 Å². The van der Waals surface area contributed by atoms with Gasteiger partial charge in [0.25, 0.3) is 0 Å². The summed E-state index contributed by atoms with van der Waals surface area (Å²) in [6.07, 6.45) is 1.84. The average molecular weight is 196 g/mol. The fourth-order valence-electron chi connectivity index (χ4n) is 2.14. The van der Waals surface area contributed by atoms with Crippen LogP contribution >= 0.6 is 0 Å². The van der Waals surface area contributed by atoms with Crippen LogP contribution in [0.3, 0.4) is 0 Å². The number of rotatable bonds is 0. The van der Waals surface area contributed by atoms with Gasteiger partial charge < -0.3 is 4.74 Å². The molecular weight excluding hydrogens is 184 g/mol. The molecule has 15 heavy (non-hydrogen) atoms. The maximum absolute atomic E-state index is 5.68. The van der Waals surface area contributed by atoms with Crippen molar-refractivity contribution in [2.45, 2.75) is 13.8 Å². The van der Waals surface area contributed by atoms with E-state index >= 15 is 0 Å². The molecule has 74 valence electrons. The molecule has 0 atom stereocenters. The van der Waals surface area contributed by atoms with Crippen molar-refractivity contribution in [2.75, 3.05) is 0 Å². The van der Waals surface area contributed by atoms with Crippen LogP contribution in [-0.2, 0) is 0 Å². The third-order valence-corrected chi connectivity index (χ3v) is 2.97. The van der Waals surface area contributed by atoms with Gasteiger partial charge in [-0.3, -0.25) is 0 Å². The molecule has 2 aromatic carbocycles. The lowest BCUT2D eigenvalue weighted by molar-refractivity contribution is 0.481. The molecule has 1 heteroatoms. The molecule has 0 N–H and O–H groups in total. The van der Waals surface area contributed by atoms with E-state index in [0.29, 0.717) is 0 Å². The summed E-state index contributed by atoms with van der Waals surface area (Å²) in [5, 5.41) is 2.50. The lowest BCUT2D eigenvalue weighted by atomic mass is 9.96. The van der Waals surface area contributed by atoms with Crippen molar-refractivity contribution in [1.82, 2.24) is 0 Å². The fourth-order valence-corrected chi connectivity index (χ4v) is 2.14. The molecule has 0 amide bonds. The highest BCUT2D eigenvalue weighted by Crippen LogP contribution is 2.38. The van der Waals surface area contributed by atoms with Crippen LogP contribution in [0.25, 0.3) is 16.3 Å². The van der Waals surface area contributed by atoms with Crippen molar-refractivity contribution < 1.29 is 4.74 Å². The summed E-state index contributed by atoms with van der Waals surface area (Å²) in [5.41, 5.74) is 3.68. The van der Waals surface area contributed by atoms with Crippen molar-refractivity contribution >= 4 is 16.3 Å². The molecule has 0 bridgehead atoms. The SMILES string of the molecule is CC1=COc2c(C)ccc3cccc1c23. The van der Waals surface area contributed by atoms with Gasteiger partial charge in [0.05, 0.1) is 6.26 Å². The zero-order valence-electron chi connectivity index (χ0n) is 8.87. The molecule has 1 heterocycles. The van der Waals surface area contributed by atoms with E-state index in [2.05, 4.69) is 44.2 Å². The van der Waals surface area contributed by atoms with Gasteiger partial charge in [-0.1, -0.05) is 30.3 Å². The highest BCUT2D eigenvalue weighted by atomic mass is 16.5. The molecular formula is C14H12O. The van der Waals surface area contributed by atoms with Gasteiger partial charge in [-0.05, 0) is 35.9 Å². The summed E-state index contributed by atoms with van der Waals surface area (Å²) in [7, 11) is 0. The largest absolute Gasteiger partial charge is 0.464 e. The Morgan fingerprint density at radius 2 is 1.87 bits per heavy atom. The Morgan fingerprint density at radius 1 is 1.00 bits per heavy atom. The molecule has 0 aromatic heterocycles. The van der Waals surface area contributed by atoms with E-state index < -0.39 is 0 Å². The molecule has 0 spiro atoms. The van der Waals surface area contributed by atoms with Gasteiger partial charge in [0.1, 0.15) is 5.75 Å². The minimum atomic E-state index is 1.01. The summed E-state index contributed by atoms with van der Waals surface area (Å²) < 4.78 is 5.68. The van der Waals surface area contributed by atoms with Crippen LogP contribution < -0.4 is 4.74 Å². The van der Waals surface area contributed by atoms with E-state index in [0.717, 1.165) is 5.75 Å². The Hall–Kier alpha value is -1.76. The molecule has 2 aromatic rings. The predicted molar refractivity (Wildman–Crippen MR) is 63.0 cm³/mol. The molecule has 1 aliphatic rings. The lowest BCUT2D eigenvalue weighted by Gasteiger charge is -2.18. The Morgan fingerprint density at radius 3 is 2.73 bits per heavy atom. The second kappa shape index (κ2) is 2.86. The molecule has 0 radical (unpaired) electrons. The van der Waals surface area contributed by atoms with E-state index in [4.69, 9.17) is 4.74 Å². The smallest absolute Gasteiger partial charge is 0.137 e. The number of ether oxygens (including phenoxy) is 1. The summed E-state index contributed by atoms with van der Waals surface area (Å²) >= 11 is 0. The number of hydrogen-bond acceptors (Lipinski definition) is 1. The first-order valence-electron chi connectivity index (χ1n) is 5.13. The van der Waals surface area contributed by atoms with E-state index in [1.807, 2.05) is 6.26 Å². The van der Waals surface area contributed by atoms with Crippen LogP contribution in [0.1, 0.15) is 18.1 Å². The van der Waals surface area contributed by atoms with Crippen LogP contribution in [0.5, 0.6) is 5.75 Å². The van der Waals surface area contributed by atoms with Crippen molar-refractivity contribution in [2.24, 2.45) is 0 Å². The minimum absolute atomic E-state index is 1.01. The van der Waals surface area contributed by atoms with Crippen LogP contribution in [0, 0.1) is 6.92 Å². The van der Waals surface area contributed by atoms with Crippen LogP contribution in [0.15, 0.2) is 36.6 Å². The maximum Gasteiger partial charge on any atom is 0.137 e. The normalized spacial score (nSPS) is 13.6. The van der Waals surface area contributed by atoms with Crippen molar-refractivity contribution in [3.63, 3.8) is 0 Å². The highest BCUT2D eigenvalue weighted by Gasteiger charge is 2.14. The fraction of sp³-hybridized carbons (Fsp3) is 0.143. The molecule has 0 fully saturated rings. The monoisotopic (exact) mass is 196 g/mol. The van der Waals surface area contributed by atoms with Gasteiger partial charge in [0, 0.05) is 5.39 Å². The average Bonchev–Trinajstić information content (AvgIpc) is 2.26. The Balaban J connectivity index is 2.53. The number of aryl methyl sites for hydroxylation is 1. The quantitative estimate of drug-likeness (QED) is 0.621. The van der Waals surface area contributed by atoms with Crippen LogP contribution in [-0.4, -0.2) is 0 Å². The standard InChI is InChI=1S/C14H12O/c1-9-6-7-11-4-3-5-12-10(2)8-15-14(9)13(11)12/h3-8H,1-2H3. The third kappa shape index (κ3) is 1.09. The predicted octanol–water partition coefficient (Wildman–Crippen LogP) is 3.90. The molecule has 0 saturated heterocycles. The van der Waals surface area contributed by atoms with Crippen molar-refractivity contribution in [3.8, 4) is 5.75 Å². The van der Waals surface area contributed by atoms with E-state index in [-0.39, 0.29) is 0 Å². The first-order valence-corrected chi connectivity index (χ1v) is 5.13. The van der Waals surface area contributed by atoms with Gasteiger partial charge in [-0.15, -0.1) is 0 Å². The molecule has 0 saturated carbocycles. The van der Waals surface area contributed by atoms with Crippen LogP contribution in [0.2, 0.25) is 0 Å². The van der Waals surface area contributed by atoms with Gasteiger partial charge in [0.2, 0.25) is 0 Å². The maximum atomic E-state index is 5.68. The zero-order valence-corrected chi connectivity index (χ0v) is 8.87. The molecule has 1 aliphatic heterocycles. The second-order valence-corrected chi connectivity index (χ2v) is 4.03. The summed E-state index contributed by atoms with van der Waals surface area (Å²) in [6, 6.07) is 10.6. The van der Waals surface area contributed by atoms with Gasteiger partial charge in [0.15, 0.2) is 0 Å². The van der Waals surface area contributed by atoms with Crippen molar-refractivity contribution in [3.05, 3.63) is 47.7 Å². The zero-order chi connectivity index (χ0) is 10.4. The Labute approximate surface area is 89.0 Å². The molecule has 3 rings (SSSR count). The first kappa shape index (κ1) is 8.54. The molecule has 1 nitrogen and oxygen atoms in total. The molecule has 0 aliphatic carbocycles. The summed E-state index contributed by atoms with van der Waals surface area (Å²) in [6.45, 7) is 4.17. The molecule has 0 unspecified atom stereocenters. The topological polar surface area (TPSA) is 9.23 Å². The highest BCUT2D eigenvalue weighted by molar-refractivity contribution is 5.99. The van der Waals surface area contributed by atoms with Gasteiger partial charge in [-0.2, -0.15) is 0 Å². The second-order valence-electron chi connectivity index (χ2n) is 4.03. The minimum Gasteiger partial charge on any atom is -0.464 e. The lowest BCUT2D eigenvalue weighted by Crippen LogP contribution is -1.98. The number of benzene rings is 2. The van der Waals surface area contributed by atoms with E-state index in [9.17, 15) is 0 Å². The van der Waals surface area contributed by atoms with Gasteiger partial charge >= 0.3 is 0 Å². The first-order chi connectivity index (χ1) is 7.27. The van der Waals surface area contributed by atoms with Crippen LogP contribution in [0.4, 0.5) is 0 Å². The van der Waals surface area contributed by atoms with Crippen molar-refractivity contribution in [1.29, 1.82) is 0 Å². The number of allylic oxidation sites excluding steroid dienone is 1. The third-order valence-electron chi connectivity index (χ3n) is 2.97. The number of hydrogen-bond donors (Lipinski definition) is 0. The summed E-state index contributed by atoms with van der Waals surface area (Å²) in [5.74, 6) is 1.01. The van der Waals surface area contributed by atoms with E-state index in [1.165, 1.54) is 27.5 Å². The summed E-state index contributed by atoms with van der Waals surface area (Å²) in [4.78, 5) is 0. The van der Waals surface area contributed by atoms with Gasteiger partial charge in [-0.25, -0.2) is 0 Å².